The molecular formula is C13H19FN2O2. The maximum Gasteiger partial charge on any atom is 0.233 e. The van der Waals surface area contributed by atoms with E-state index in [1.807, 2.05) is 0 Å². The normalized spacial score (nSPS) is 10.3. The third kappa shape index (κ3) is 5.75. The van der Waals surface area contributed by atoms with E-state index in [1.165, 1.54) is 6.07 Å². The summed E-state index contributed by atoms with van der Waals surface area (Å²) in [5.41, 5.74) is 0.616. The molecule has 0 aliphatic rings. The van der Waals surface area contributed by atoms with Crippen molar-refractivity contribution in [3.63, 3.8) is 0 Å². The van der Waals surface area contributed by atoms with E-state index in [2.05, 4.69) is 10.6 Å². The maximum absolute atomic E-state index is 13.3. The number of rotatable bonds is 8. The second-order valence-electron chi connectivity index (χ2n) is 3.86. The number of methoxy groups -OCH3 is 1. The summed E-state index contributed by atoms with van der Waals surface area (Å²) in [4.78, 5) is 11.4. The second kappa shape index (κ2) is 8.60. The Kier molecular flexibility index (Phi) is 6.98. The summed E-state index contributed by atoms with van der Waals surface area (Å²) in [5.74, 6) is -0.326. The Morgan fingerprint density at radius 1 is 1.33 bits per heavy atom. The first-order valence-corrected chi connectivity index (χ1v) is 5.94. The van der Waals surface area contributed by atoms with Gasteiger partial charge in [-0.1, -0.05) is 18.2 Å². The molecule has 0 aromatic heterocycles. The predicted octanol–water partition coefficient (Wildman–Crippen LogP) is 0.720. The van der Waals surface area contributed by atoms with Crippen LogP contribution < -0.4 is 10.6 Å². The predicted molar refractivity (Wildman–Crippen MR) is 67.9 cm³/mol. The molecule has 1 aromatic rings. The molecule has 1 rings (SSSR count). The molecule has 0 saturated heterocycles. The monoisotopic (exact) mass is 254 g/mol. The lowest BCUT2D eigenvalue weighted by Crippen LogP contribution is -2.36. The van der Waals surface area contributed by atoms with Crippen LogP contribution in [0.4, 0.5) is 4.39 Å². The number of hydrogen-bond acceptors (Lipinski definition) is 3. The molecule has 5 heteroatoms. The molecule has 1 amide bonds. The van der Waals surface area contributed by atoms with E-state index in [-0.39, 0.29) is 18.3 Å². The van der Waals surface area contributed by atoms with E-state index in [0.717, 1.165) is 0 Å². The third-order valence-corrected chi connectivity index (χ3v) is 2.44. The van der Waals surface area contributed by atoms with Crippen molar-refractivity contribution in [2.75, 3.05) is 33.4 Å². The second-order valence-corrected chi connectivity index (χ2v) is 3.86. The van der Waals surface area contributed by atoms with Crippen molar-refractivity contribution in [1.82, 2.24) is 10.6 Å². The fourth-order valence-corrected chi connectivity index (χ4v) is 1.48. The van der Waals surface area contributed by atoms with Crippen LogP contribution in [-0.4, -0.2) is 39.3 Å². The number of carbonyl (C=O) groups excluding carboxylic acids is 1. The van der Waals surface area contributed by atoms with Crippen LogP contribution in [0.15, 0.2) is 24.3 Å². The molecule has 0 spiro atoms. The highest BCUT2D eigenvalue weighted by atomic mass is 19.1. The number of carbonyl (C=O) groups is 1. The van der Waals surface area contributed by atoms with Gasteiger partial charge in [-0.05, 0) is 18.1 Å². The van der Waals surface area contributed by atoms with Crippen LogP contribution in [0.25, 0.3) is 0 Å². The number of ether oxygens (including phenoxy) is 1. The van der Waals surface area contributed by atoms with Gasteiger partial charge in [0.1, 0.15) is 5.82 Å². The van der Waals surface area contributed by atoms with Gasteiger partial charge in [-0.2, -0.15) is 0 Å². The quantitative estimate of drug-likeness (QED) is 0.672. The van der Waals surface area contributed by atoms with Crippen molar-refractivity contribution in [2.24, 2.45) is 0 Å². The molecule has 18 heavy (non-hydrogen) atoms. The molecule has 0 aliphatic heterocycles. The lowest BCUT2D eigenvalue weighted by molar-refractivity contribution is -0.120. The van der Waals surface area contributed by atoms with E-state index in [0.29, 0.717) is 31.7 Å². The Hall–Kier alpha value is -1.46. The van der Waals surface area contributed by atoms with Crippen LogP contribution in [0.1, 0.15) is 5.56 Å². The van der Waals surface area contributed by atoms with Gasteiger partial charge in [0.2, 0.25) is 5.91 Å². The Morgan fingerprint density at radius 2 is 2.11 bits per heavy atom. The van der Waals surface area contributed by atoms with Crippen LogP contribution in [0.2, 0.25) is 0 Å². The molecule has 0 atom stereocenters. The Bertz CT molecular complexity index is 372. The van der Waals surface area contributed by atoms with Crippen LogP contribution >= 0.6 is 0 Å². The van der Waals surface area contributed by atoms with Gasteiger partial charge in [0.15, 0.2) is 0 Å². The van der Waals surface area contributed by atoms with Crippen LogP contribution in [-0.2, 0) is 16.0 Å². The van der Waals surface area contributed by atoms with Gasteiger partial charge in [-0.25, -0.2) is 4.39 Å². The zero-order valence-electron chi connectivity index (χ0n) is 10.5. The molecule has 0 saturated carbocycles. The zero-order valence-corrected chi connectivity index (χ0v) is 10.5. The summed E-state index contributed by atoms with van der Waals surface area (Å²) >= 11 is 0. The molecule has 100 valence electrons. The SMILES string of the molecule is COCCNCC(=O)NCCc1ccccc1F. The Morgan fingerprint density at radius 3 is 2.83 bits per heavy atom. The molecule has 0 unspecified atom stereocenters. The van der Waals surface area contributed by atoms with Crippen molar-refractivity contribution in [3.8, 4) is 0 Å². The minimum Gasteiger partial charge on any atom is -0.383 e. The maximum atomic E-state index is 13.3. The highest BCUT2D eigenvalue weighted by Crippen LogP contribution is 2.05. The average Bonchev–Trinajstić information content (AvgIpc) is 2.37. The first-order chi connectivity index (χ1) is 8.74. The summed E-state index contributed by atoms with van der Waals surface area (Å²) in [6, 6.07) is 6.57. The van der Waals surface area contributed by atoms with Gasteiger partial charge in [0.25, 0.3) is 0 Å². The van der Waals surface area contributed by atoms with E-state index in [9.17, 15) is 9.18 Å². The standard InChI is InChI=1S/C13H19FN2O2/c1-18-9-8-15-10-13(17)16-7-6-11-4-2-3-5-12(11)14/h2-5,15H,6-10H2,1H3,(H,16,17). The molecule has 2 N–H and O–H groups in total. The van der Waals surface area contributed by atoms with E-state index in [4.69, 9.17) is 4.74 Å². The van der Waals surface area contributed by atoms with Crippen LogP contribution in [0.3, 0.4) is 0 Å². The molecule has 0 aliphatic carbocycles. The lowest BCUT2D eigenvalue weighted by atomic mass is 10.1. The first kappa shape index (κ1) is 14.6. The molecule has 0 bridgehead atoms. The largest absolute Gasteiger partial charge is 0.383 e. The highest BCUT2D eigenvalue weighted by Gasteiger charge is 2.02. The molecule has 0 radical (unpaired) electrons. The van der Waals surface area contributed by atoms with Gasteiger partial charge in [-0.3, -0.25) is 4.79 Å². The number of halogens is 1. The summed E-state index contributed by atoms with van der Waals surface area (Å²) in [5, 5.41) is 5.66. The number of amides is 1. The van der Waals surface area contributed by atoms with Gasteiger partial charge in [-0.15, -0.1) is 0 Å². The fraction of sp³-hybridized carbons (Fsp3) is 0.462. The Labute approximate surface area is 107 Å². The van der Waals surface area contributed by atoms with Crippen LogP contribution in [0.5, 0.6) is 0 Å². The molecule has 4 nitrogen and oxygen atoms in total. The van der Waals surface area contributed by atoms with Gasteiger partial charge in [0, 0.05) is 20.2 Å². The van der Waals surface area contributed by atoms with Gasteiger partial charge >= 0.3 is 0 Å². The molecular weight excluding hydrogens is 235 g/mol. The molecule has 1 aromatic carbocycles. The van der Waals surface area contributed by atoms with Crippen molar-refractivity contribution < 1.29 is 13.9 Å². The minimum atomic E-state index is -0.232. The summed E-state index contributed by atoms with van der Waals surface area (Å²) in [6.45, 7) is 1.89. The summed E-state index contributed by atoms with van der Waals surface area (Å²) in [6.07, 6.45) is 0.497. The van der Waals surface area contributed by atoms with E-state index in [1.54, 1.807) is 25.3 Å². The van der Waals surface area contributed by atoms with Crippen LogP contribution in [0, 0.1) is 5.82 Å². The number of hydrogen-bond donors (Lipinski definition) is 2. The minimum absolute atomic E-state index is 0.0950. The van der Waals surface area contributed by atoms with Crippen molar-refractivity contribution >= 4 is 5.91 Å². The number of benzene rings is 1. The van der Waals surface area contributed by atoms with E-state index >= 15 is 0 Å². The van der Waals surface area contributed by atoms with Crippen molar-refractivity contribution in [1.29, 1.82) is 0 Å². The Balaban J connectivity index is 2.14. The fourth-order valence-electron chi connectivity index (χ4n) is 1.48. The highest BCUT2D eigenvalue weighted by molar-refractivity contribution is 5.77. The van der Waals surface area contributed by atoms with Gasteiger partial charge < -0.3 is 15.4 Å². The average molecular weight is 254 g/mol. The van der Waals surface area contributed by atoms with Gasteiger partial charge in [0.05, 0.1) is 13.2 Å². The van der Waals surface area contributed by atoms with Crippen molar-refractivity contribution in [2.45, 2.75) is 6.42 Å². The summed E-state index contributed by atoms with van der Waals surface area (Å²) < 4.78 is 18.1. The van der Waals surface area contributed by atoms with E-state index < -0.39 is 0 Å². The molecule has 0 heterocycles. The lowest BCUT2D eigenvalue weighted by Gasteiger charge is -2.07. The topological polar surface area (TPSA) is 50.4 Å². The first-order valence-electron chi connectivity index (χ1n) is 5.94. The molecule has 0 fully saturated rings. The summed E-state index contributed by atoms with van der Waals surface area (Å²) in [7, 11) is 1.61. The number of nitrogens with one attached hydrogen (secondary N) is 2. The zero-order chi connectivity index (χ0) is 13.2. The van der Waals surface area contributed by atoms with Crippen molar-refractivity contribution in [3.05, 3.63) is 35.6 Å². The smallest absolute Gasteiger partial charge is 0.233 e. The third-order valence-electron chi connectivity index (χ3n) is 2.44.